The van der Waals surface area contributed by atoms with Gasteiger partial charge in [0.25, 0.3) is 5.91 Å². The minimum Gasteiger partial charge on any atom is -0.484 e. The SMILES string of the molecule is Cc1nc(N)nc(C(C)Oc2ccccc2)c1C(N)=O. The number of amides is 1. The maximum Gasteiger partial charge on any atom is 0.252 e. The van der Waals surface area contributed by atoms with Crippen molar-refractivity contribution >= 4 is 11.9 Å². The van der Waals surface area contributed by atoms with Gasteiger partial charge in [0.05, 0.1) is 17.0 Å². The van der Waals surface area contributed by atoms with E-state index in [2.05, 4.69) is 9.97 Å². The van der Waals surface area contributed by atoms with Crippen molar-refractivity contribution in [2.45, 2.75) is 20.0 Å². The van der Waals surface area contributed by atoms with Crippen molar-refractivity contribution in [1.82, 2.24) is 9.97 Å². The van der Waals surface area contributed by atoms with Crippen LogP contribution < -0.4 is 16.2 Å². The van der Waals surface area contributed by atoms with Crippen LogP contribution in [-0.4, -0.2) is 15.9 Å². The largest absolute Gasteiger partial charge is 0.484 e. The zero-order chi connectivity index (χ0) is 14.7. The summed E-state index contributed by atoms with van der Waals surface area (Å²) in [5.74, 6) is 0.164. The van der Waals surface area contributed by atoms with Crippen LogP contribution in [0.2, 0.25) is 0 Å². The van der Waals surface area contributed by atoms with E-state index in [1.807, 2.05) is 30.3 Å². The van der Waals surface area contributed by atoms with Crippen LogP contribution in [0.4, 0.5) is 5.95 Å². The molecule has 1 unspecified atom stereocenters. The highest BCUT2D eigenvalue weighted by Gasteiger charge is 2.21. The molecule has 0 aliphatic rings. The highest BCUT2D eigenvalue weighted by molar-refractivity contribution is 5.95. The Morgan fingerprint density at radius 3 is 2.50 bits per heavy atom. The van der Waals surface area contributed by atoms with Crippen LogP contribution in [0.15, 0.2) is 30.3 Å². The smallest absolute Gasteiger partial charge is 0.252 e. The third-order valence-electron chi connectivity index (χ3n) is 2.82. The van der Waals surface area contributed by atoms with Gasteiger partial charge in [-0.15, -0.1) is 0 Å². The highest BCUT2D eigenvalue weighted by Crippen LogP contribution is 2.24. The molecule has 104 valence electrons. The molecule has 6 heteroatoms. The summed E-state index contributed by atoms with van der Waals surface area (Å²) in [4.78, 5) is 19.6. The standard InChI is InChI=1S/C14H16N4O2/c1-8-11(13(15)19)12(18-14(16)17-8)9(2)20-10-6-4-3-5-7-10/h3-7,9H,1-2H3,(H2,15,19)(H2,16,17,18). The molecule has 0 aliphatic carbocycles. The van der Waals surface area contributed by atoms with E-state index >= 15 is 0 Å². The maximum atomic E-state index is 11.6. The Morgan fingerprint density at radius 2 is 1.90 bits per heavy atom. The van der Waals surface area contributed by atoms with E-state index in [1.54, 1.807) is 13.8 Å². The summed E-state index contributed by atoms with van der Waals surface area (Å²) in [5, 5.41) is 0. The van der Waals surface area contributed by atoms with E-state index in [0.29, 0.717) is 17.1 Å². The highest BCUT2D eigenvalue weighted by atomic mass is 16.5. The van der Waals surface area contributed by atoms with Crippen molar-refractivity contribution in [3.8, 4) is 5.75 Å². The summed E-state index contributed by atoms with van der Waals surface area (Å²) in [5.41, 5.74) is 12.1. The molecule has 0 radical (unpaired) electrons. The van der Waals surface area contributed by atoms with Crippen LogP contribution in [-0.2, 0) is 0 Å². The molecule has 6 nitrogen and oxygen atoms in total. The van der Waals surface area contributed by atoms with Crippen LogP contribution in [0.1, 0.15) is 34.8 Å². The topological polar surface area (TPSA) is 104 Å². The fourth-order valence-electron chi connectivity index (χ4n) is 1.98. The van der Waals surface area contributed by atoms with E-state index in [9.17, 15) is 4.79 Å². The zero-order valence-electron chi connectivity index (χ0n) is 11.3. The predicted octanol–water partition coefficient (Wildman–Crippen LogP) is 1.61. The molecule has 0 saturated heterocycles. The number of ether oxygens (including phenoxy) is 1. The average Bonchev–Trinajstić information content (AvgIpc) is 2.38. The van der Waals surface area contributed by atoms with Crippen LogP contribution in [0.3, 0.4) is 0 Å². The first-order chi connectivity index (χ1) is 9.49. The second-order valence-corrected chi connectivity index (χ2v) is 4.36. The molecule has 2 aromatic rings. The lowest BCUT2D eigenvalue weighted by Gasteiger charge is -2.17. The average molecular weight is 272 g/mol. The van der Waals surface area contributed by atoms with Gasteiger partial charge in [0, 0.05) is 0 Å². The number of aromatic nitrogens is 2. The Bertz CT molecular complexity index is 629. The summed E-state index contributed by atoms with van der Waals surface area (Å²) >= 11 is 0. The normalized spacial score (nSPS) is 11.9. The number of carbonyl (C=O) groups excluding carboxylic acids is 1. The number of nitrogens with zero attached hydrogens (tertiary/aromatic N) is 2. The Hall–Kier alpha value is -2.63. The number of hydrogen-bond donors (Lipinski definition) is 2. The summed E-state index contributed by atoms with van der Waals surface area (Å²) in [6.45, 7) is 3.44. The van der Waals surface area contributed by atoms with Gasteiger partial charge in [-0.1, -0.05) is 18.2 Å². The van der Waals surface area contributed by atoms with Crippen LogP contribution in [0.5, 0.6) is 5.75 Å². The van der Waals surface area contributed by atoms with Gasteiger partial charge in [0.1, 0.15) is 11.9 Å². The molecule has 1 aromatic carbocycles. The van der Waals surface area contributed by atoms with E-state index < -0.39 is 12.0 Å². The minimum atomic E-state index is -0.596. The van der Waals surface area contributed by atoms with Gasteiger partial charge < -0.3 is 16.2 Å². The van der Waals surface area contributed by atoms with Crippen molar-refractivity contribution in [3.63, 3.8) is 0 Å². The molecule has 1 heterocycles. The molecule has 0 fully saturated rings. The number of anilines is 1. The Kier molecular flexibility index (Phi) is 3.84. The molecule has 0 saturated carbocycles. The number of primary amides is 1. The number of para-hydroxylation sites is 1. The second kappa shape index (κ2) is 5.56. The molecular weight excluding hydrogens is 256 g/mol. The number of carbonyl (C=O) groups is 1. The lowest BCUT2D eigenvalue weighted by atomic mass is 10.1. The van der Waals surface area contributed by atoms with E-state index in [0.717, 1.165) is 0 Å². The van der Waals surface area contributed by atoms with Crippen molar-refractivity contribution in [1.29, 1.82) is 0 Å². The first kappa shape index (κ1) is 13.8. The molecule has 1 amide bonds. The first-order valence-electron chi connectivity index (χ1n) is 6.14. The number of rotatable bonds is 4. The van der Waals surface area contributed by atoms with E-state index in [1.165, 1.54) is 0 Å². The summed E-state index contributed by atoms with van der Waals surface area (Å²) in [7, 11) is 0. The van der Waals surface area contributed by atoms with Gasteiger partial charge >= 0.3 is 0 Å². The van der Waals surface area contributed by atoms with Gasteiger partial charge in [-0.25, -0.2) is 9.97 Å². The summed E-state index contributed by atoms with van der Waals surface area (Å²) in [6, 6.07) is 9.24. The fraction of sp³-hybridized carbons (Fsp3) is 0.214. The van der Waals surface area contributed by atoms with E-state index in [-0.39, 0.29) is 11.5 Å². The number of nitrogen functional groups attached to an aromatic ring is 1. The van der Waals surface area contributed by atoms with Crippen molar-refractivity contribution in [2.24, 2.45) is 5.73 Å². The molecule has 20 heavy (non-hydrogen) atoms. The van der Waals surface area contributed by atoms with Crippen LogP contribution in [0, 0.1) is 6.92 Å². The number of benzene rings is 1. The summed E-state index contributed by atoms with van der Waals surface area (Å²) < 4.78 is 5.75. The van der Waals surface area contributed by atoms with Gasteiger partial charge in [0.15, 0.2) is 0 Å². The lowest BCUT2D eigenvalue weighted by molar-refractivity contribution is 0.0993. The van der Waals surface area contributed by atoms with Crippen LogP contribution >= 0.6 is 0 Å². The minimum absolute atomic E-state index is 0.0889. The first-order valence-corrected chi connectivity index (χ1v) is 6.14. The molecule has 0 aliphatic heterocycles. The molecular formula is C14H16N4O2. The molecule has 0 bridgehead atoms. The molecule has 4 N–H and O–H groups in total. The monoisotopic (exact) mass is 272 g/mol. The summed E-state index contributed by atoms with van der Waals surface area (Å²) in [6.07, 6.45) is -0.469. The quantitative estimate of drug-likeness (QED) is 0.879. The zero-order valence-corrected chi connectivity index (χ0v) is 11.3. The Morgan fingerprint density at radius 1 is 1.25 bits per heavy atom. The molecule has 1 aromatic heterocycles. The van der Waals surface area contributed by atoms with Crippen molar-refractivity contribution < 1.29 is 9.53 Å². The second-order valence-electron chi connectivity index (χ2n) is 4.36. The third-order valence-corrected chi connectivity index (χ3v) is 2.82. The van der Waals surface area contributed by atoms with Gasteiger partial charge in [0.2, 0.25) is 5.95 Å². The number of hydrogen-bond acceptors (Lipinski definition) is 5. The van der Waals surface area contributed by atoms with Gasteiger partial charge in [-0.05, 0) is 26.0 Å². The van der Waals surface area contributed by atoms with Gasteiger partial charge in [-0.3, -0.25) is 4.79 Å². The lowest BCUT2D eigenvalue weighted by Crippen LogP contribution is -2.21. The van der Waals surface area contributed by atoms with Crippen molar-refractivity contribution in [3.05, 3.63) is 47.3 Å². The Balaban J connectivity index is 2.38. The molecule has 2 rings (SSSR count). The maximum absolute atomic E-state index is 11.6. The predicted molar refractivity (Wildman–Crippen MR) is 75.2 cm³/mol. The number of nitrogens with two attached hydrogens (primary N) is 2. The molecule has 0 spiro atoms. The third kappa shape index (κ3) is 2.85. The fourth-order valence-corrected chi connectivity index (χ4v) is 1.98. The van der Waals surface area contributed by atoms with E-state index in [4.69, 9.17) is 16.2 Å². The number of aryl methyl sites for hydroxylation is 1. The van der Waals surface area contributed by atoms with Crippen LogP contribution in [0.25, 0.3) is 0 Å². The van der Waals surface area contributed by atoms with Gasteiger partial charge in [-0.2, -0.15) is 0 Å². The van der Waals surface area contributed by atoms with Crippen molar-refractivity contribution in [2.75, 3.05) is 5.73 Å². The molecule has 1 atom stereocenters. The Labute approximate surface area is 116 Å².